The molecule has 0 N–H and O–H groups in total. The molecule has 5 rings (SSSR count). The predicted octanol–water partition coefficient (Wildman–Crippen LogP) is 4.92. The molecule has 1 atom stereocenters. The second-order valence-corrected chi connectivity index (χ2v) is 8.59. The number of hydrogen-bond donors (Lipinski definition) is 0. The molecule has 0 saturated heterocycles. The van der Waals surface area contributed by atoms with Gasteiger partial charge >= 0.3 is 11.9 Å². The SMILES string of the molecule is Cc1ccc(N2C(=O)C3Sc4ccccc4C3=[N+](Cc3ccccc3F)C2=O)cc1F. The minimum atomic E-state index is -0.675. The highest BCUT2D eigenvalue weighted by Crippen LogP contribution is 2.41. The van der Waals surface area contributed by atoms with E-state index in [1.165, 1.54) is 34.5 Å². The second kappa shape index (κ2) is 7.42. The van der Waals surface area contributed by atoms with E-state index >= 15 is 0 Å². The molecule has 3 amide bonds. The molecule has 3 aromatic rings. The van der Waals surface area contributed by atoms with E-state index in [0.717, 1.165) is 15.4 Å². The highest BCUT2D eigenvalue weighted by Gasteiger charge is 2.53. The summed E-state index contributed by atoms with van der Waals surface area (Å²) in [6, 6.07) is 17.3. The number of benzene rings is 3. The second-order valence-electron chi connectivity index (χ2n) is 7.45. The van der Waals surface area contributed by atoms with E-state index in [1.807, 2.05) is 24.3 Å². The summed E-state index contributed by atoms with van der Waals surface area (Å²) in [4.78, 5) is 28.8. The summed E-state index contributed by atoms with van der Waals surface area (Å²) in [6.07, 6.45) is 0. The van der Waals surface area contributed by atoms with Gasteiger partial charge in [0.05, 0.1) is 0 Å². The third kappa shape index (κ3) is 3.16. The van der Waals surface area contributed by atoms with Gasteiger partial charge in [0.1, 0.15) is 29.6 Å². The van der Waals surface area contributed by atoms with Crippen molar-refractivity contribution in [3.63, 3.8) is 0 Å². The first-order valence-electron chi connectivity index (χ1n) is 9.73. The lowest BCUT2D eigenvalue weighted by Gasteiger charge is -2.24. The van der Waals surface area contributed by atoms with Gasteiger partial charge in [-0.25, -0.2) is 13.6 Å². The lowest BCUT2D eigenvalue weighted by atomic mass is 10.0. The number of carbonyl (C=O) groups excluding carboxylic acids is 2. The van der Waals surface area contributed by atoms with Crippen LogP contribution in [0.15, 0.2) is 71.6 Å². The number of fused-ring (bicyclic) bond motifs is 3. The van der Waals surface area contributed by atoms with Crippen LogP contribution < -0.4 is 4.90 Å². The van der Waals surface area contributed by atoms with Crippen LogP contribution in [0.4, 0.5) is 19.3 Å². The van der Waals surface area contributed by atoms with E-state index in [-0.39, 0.29) is 12.2 Å². The van der Waals surface area contributed by atoms with Gasteiger partial charge in [-0.05, 0) is 36.8 Å². The first-order chi connectivity index (χ1) is 15.0. The topological polar surface area (TPSA) is 40.4 Å². The number of anilines is 1. The molecule has 7 heteroatoms. The lowest BCUT2D eigenvalue weighted by Crippen LogP contribution is -2.55. The third-order valence-corrected chi connectivity index (χ3v) is 6.78. The molecule has 154 valence electrons. The number of carbonyl (C=O) groups is 2. The maximum atomic E-state index is 14.4. The van der Waals surface area contributed by atoms with Crippen molar-refractivity contribution in [2.45, 2.75) is 23.6 Å². The molecule has 0 aromatic heterocycles. The van der Waals surface area contributed by atoms with Crippen molar-refractivity contribution >= 4 is 35.1 Å². The largest absolute Gasteiger partial charge is 0.506 e. The van der Waals surface area contributed by atoms with Crippen LogP contribution in [-0.4, -0.2) is 27.5 Å². The fraction of sp³-hybridized carbons (Fsp3) is 0.125. The number of aryl methyl sites for hydroxylation is 1. The van der Waals surface area contributed by atoms with Gasteiger partial charge in [0.25, 0.3) is 0 Å². The van der Waals surface area contributed by atoms with E-state index in [1.54, 1.807) is 31.2 Å². The van der Waals surface area contributed by atoms with Crippen LogP contribution >= 0.6 is 11.8 Å². The van der Waals surface area contributed by atoms with E-state index in [4.69, 9.17) is 0 Å². The Morgan fingerprint density at radius 1 is 0.968 bits per heavy atom. The van der Waals surface area contributed by atoms with Crippen molar-refractivity contribution in [3.05, 3.63) is 95.1 Å². The molecule has 31 heavy (non-hydrogen) atoms. The number of rotatable bonds is 3. The average molecular weight is 435 g/mol. The van der Waals surface area contributed by atoms with Crippen molar-refractivity contribution in [2.24, 2.45) is 0 Å². The summed E-state index contributed by atoms with van der Waals surface area (Å²) < 4.78 is 30.1. The van der Waals surface area contributed by atoms with Gasteiger partial charge in [0, 0.05) is 22.1 Å². The molecule has 2 aliphatic heterocycles. The number of amides is 3. The molecule has 4 nitrogen and oxygen atoms in total. The average Bonchev–Trinajstić information content (AvgIpc) is 3.15. The Morgan fingerprint density at radius 3 is 2.48 bits per heavy atom. The Morgan fingerprint density at radius 2 is 1.71 bits per heavy atom. The van der Waals surface area contributed by atoms with Gasteiger partial charge in [-0.2, -0.15) is 9.37 Å². The van der Waals surface area contributed by atoms with Crippen molar-refractivity contribution in [1.29, 1.82) is 0 Å². The van der Waals surface area contributed by atoms with Gasteiger partial charge in [-0.15, -0.1) is 16.7 Å². The monoisotopic (exact) mass is 435 g/mol. The summed E-state index contributed by atoms with van der Waals surface area (Å²) in [5, 5.41) is -0.675. The minimum Gasteiger partial charge on any atom is -0.244 e. The molecule has 2 aliphatic rings. The third-order valence-electron chi connectivity index (χ3n) is 5.51. The van der Waals surface area contributed by atoms with Crippen LogP contribution in [0, 0.1) is 18.6 Å². The molecule has 0 spiro atoms. The highest BCUT2D eigenvalue weighted by molar-refractivity contribution is 8.02. The zero-order valence-electron chi connectivity index (χ0n) is 16.5. The molecule has 0 fully saturated rings. The smallest absolute Gasteiger partial charge is 0.244 e. The van der Waals surface area contributed by atoms with E-state index in [9.17, 15) is 18.4 Å². The van der Waals surface area contributed by atoms with Crippen molar-refractivity contribution in [1.82, 2.24) is 0 Å². The number of hydrogen-bond acceptors (Lipinski definition) is 3. The summed E-state index contributed by atoms with van der Waals surface area (Å²) in [5.41, 5.74) is 2.24. The zero-order valence-corrected chi connectivity index (χ0v) is 17.3. The molecule has 0 aliphatic carbocycles. The van der Waals surface area contributed by atoms with Gasteiger partial charge in [0.15, 0.2) is 5.25 Å². The molecular weight excluding hydrogens is 418 g/mol. The Labute approximate surface area is 181 Å². The maximum absolute atomic E-state index is 14.4. The summed E-state index contributed by atoms with van der Waals surface area (Å²) >= 11 is 1.34. The first-order valence-corrected chi connectivity index (χ1v) is 10.6. The molecular formula is C24H17F2N2O2S+. The number of thioether (sulfide) groups is 1. The minimum absolute atomic E-state index is 0.0373. The summed E-state index contributed by atoms with van der Waals surface area (Å²) in [7, 11) is 0. The number of imide groups is 1. The van der Waals surface area contributed by atoms with Crippen molar-refractivity contribution in [2.75, 3.05) is 4.90 Å². The van der Waals surface area contributed by atoms with E-state index in [0.29, 0.717) is 16.8 Å². The summed E-state index contributed by atoms with van der Waals surface area (Å²) in [6.45, 7) is 1.57. The number of halogens is 2. The van der Waals surface area contributed by atoms with Gasteiger partial charge in [-0.3, -0.25) is 0 Å². The predicted molar refractivity (Wildman–Crippen MR) is 115 cm³/mol. The van der Waals surface area contributed by atoms with E-state index in [2.05, 4.69) is 0 Å². The first kappa shape index (κ1) is 19.6. The zero-order chi connectivity index (χ0) is 21.7. The lowest BCUT2D eigenvalue weighted by molar-refractivity contribution is -0.444. The molecule has 0 radical (unpaired) electrons. The van der Waals surface area contributed by atoms with Crippen LogP contribution in [0.5, 0.6) is 0 Å². The van der Waals surface area contributed by atoms with Crippen LogP contribution in [-0.2, 0) is 11.3 Å². The number of urea groups is 1. The van der Waals surface area contributed by atoms with E-state index < -0.39 is 28.8 Å². The Bertz CT molecular complexity index is 1290. The Balaban J connectivity index is 1.69. The highest BCUT2D eigenvalue weighted by atomic mass is 32.2. The van der Waals surface area contributed by atoms with Crippen molar-refractivity contribution in [3.8, 4) is 0 Å². The normalized spacial score (nSPS) is 17.8. The molecule has 0 bridgehead atoms. The van der Waals surface area contributed by atoms with Gasteiger partial charge in [0.2, 0.25) is 0 Å². The van der Waals surface area contributed by atoms with Crippen LogP contribution in [0.2, 0.25) is 0 Å². The Kier molecular flexibility index (Phi) is 4.70. The van der Waals surface area contributed by atoms with Gasteiger partial charge in [-0.1, -0.05) is 36.4 Å². The fourth-order valence-corrected chi connectivity index (χ4v) is 5.19. The van der Waals surface area contributed by atoms with Crippen molar-refractivity contribution < 1.29 is 22.9 Å². The summed E-state index contributed by atoms with van der Waals surface area (Å²) in [5.74, 6) is -1.37. The fourth-order valence-electron chi connectivity index (χ4n) is 3.90. The van der Waals surface area contributed by atoms with Crippen LogP contribution in [0.25, 0.3) is 0 Å². The molecule has 3 aromatic carbocycles. The molecule has 0 saturated carbocycles. The van der Waals surface area contributed by atoms with Gasteiger partial charge < -0.3 is 0 Å². The van der Waals surface area contributed by atoms with Crippen LogP contribution in [0.3, 0.4) is 0 Å². The standard InChI is InChI=1S/C24H17F2N2O2S/c1-14-10-11-16(12-19(14)26)28-23(29)22-21(17-7-3-5-9-20(17)31-22)27(24(28)30)13-15-6-2-4-8-18(15)25/h2-12,22H,13H2,1H3/q+1. The molecule has 1 unspecified atom stereocenters. The maximum Gasteiger partial charge on any atom is 0.506 e. The van der Waals surface area contributed by atoms with Crippen LogP contribution in [0.1, 0.15) is 16.7 Å². The number of nitrogens with zero attached hydrogens (tertiary/aromatic N) is 2. The quantitative estimate of drug-likeness (QED) is 0.549. The Hall–Kier alpha value is -3.32. The molecule has 2 heterocycles.